The van der Waals surface area contributed by atoms with Crippen molar-refractivity contribution in [2.45, 2.75) is 142 Å². The molecule has 2 unspecified atom stereocenters. The second-order valence-corrected chi connectivity index (χ2v) is 13.1. The molecule has 0 aromatic rings. The Bertz CT molecular complexity index is 568. The summed E-state index contributed by atoms with van der Waals surface area (Å²) in [5.41, 5.74) is 0. The average Bonchev–Trinajstić information content (AvgIpc) is 2.80. The number of allylic oxidation sites excluding steroid dienone is 4. The Morgan fingerprint density at radius 3 is 1.49 bits per heavy atom. The summed E-state index contributed by atoms with van der Waals surface area (Å²) < 4.78 is 18.6. The Kier molecular flexibility index (Phi) is 22.5. The fourth-order valence-electron chi connectivity index (χ4n) is 4.46. The van der Waals surface area contributed by atoms with E-state index in [1.165, 1.54) is 96.3 Å². The molecule has 2 atom stereocenters. The van der Waals surface area contributed by atoms with Crippen LogP contribution in [0.25, 0.3) is 0 Å². The van der Waals surface area contributed by atoms with E-state index in [-0.39, 0.29) is 5.78 Å². The highest BCUT2D eigenvalue weighted by molar-refractivity contribution is 7.53. The number of hydrogen-bond donors (Lipinski definition) is 1. The summed E-state index contributed by atoms with van der Waals surface area (Å²) in [7, 11) is 2.34. The van der Waals surface area contributed by atoms with Crippen LogP contribution in [-0.2, 0) is 9.09 Å². The Morgan fingerprint density at radius 1 is 0.657 bits per heavy atom. The maximum Gasteiger partial charge on any atom is 0.385 e. The van der Waals surface area contributed by atoms with Crippen molar-refractivity contribution in [3.05, 3.63) is 24.3 Å². The summed E-state index contributed by atoms with van der Waals surface area (Å²) in [6.07, 6.45) is 32.4. The summed E-state index contributed by atoms with van der Waals surface area (Å²) in [4.78, 5) is 10.4. The summed E-state index contributed by atoms with van der Waals surface area (Å²) in [5, 5.41) is 0. The molecule has 0 saturated heterocycles. The van der Waals surface area contributed by atoms with Gasteiger partial charge in [0.25, 0.3) is 0 Å². The van der Waals surface area contributed by atoms with Gasteiger partial charge in [0.05, 0.1) is 27.7 Å². The van der Waals surface area contributed by atoms with Crippen molar-refractivity contribution in [3.8, 4) is 0 Å². The zero-order valence-electron chi connectivity index (χ0n) is 24.2. The predicted molar refractivity (Wildman–Crippen MR) is 155 cm³/mol. The fraction of sp³-hybridized carbons (Fsp3) is 0.867. The highest BCUT2D eigenvalue weighted by atomic mass is 31.2. The third kappa shape index (κ3) is 21.4. The number of unbranched alkanes of at least 4 members (excludes halogenated alkanes) is 14. The molecule has 0 aliphatic rings. The highest BCUT2D eigenvalue weighted by Gasteiger charge is 2.41. The van der Waals surface area contributed by atoms with Crippen molar-refractivity contribution in [2.24, 2.45) is 0 Å². The quantitative estimate of drug-likeness (QED) is 0.0570. The molecule has 4 nitrogen and oxygen atoms in total. The summed E-state index contributed by atoms with van der Waals surface area (Å²) in [6.45, 7) is 4.72. The summed E-state index contributed by atoms with van der Waals surface area (Å²) in [5.74, 6) is -0.339. The molecule has 0 aromatic heterocycles. The Balaban J connectivity index is 3.53. The summed E-state index contributed by atoms with van der Waals surface area (Å²) in [6, 6.07) is 0. The first-order valence-corrected chi connectivity index (χ1v) is 16.5. The molecule has 5 heteroatoms. The van der Waals surface area contributed by atoms with Crippen molar-refractivity contribution in [2.75, 3.05) is 27.7 Å². The molecular formula is C30H61NO3P+. The summed E-state index contributed by atoms with van der Waals surface area (Å²) >= 11 is 0. The second kappa shape index (κ2) is 22.8. The van der Waals surface area contributed by atoms with Crippen molar-refractivity contribution in [1.82, 2.24) is 0 Å². The molecule has 0 saturated carbocycles. The normalized spacial score (nSPS) is 15.3. The smallest absolute Gasteiger partial charge is 0.320 e. The van der Waals surface area contributed by atoms with Crippen molar-refractivity contribution >= 4 is 7.60 Å². The predicted octanol–water partition coefficient (Wildman–Crippen LogP) is 9.78. The lowest BCUT2D eigenvalue weighted by molar-refractivity contribution is -0.883. The minimum absolute atomic E-state index is 0.339. The van der Waals surface area contributed by atoms with Crippen LogP contribution < -0.4 is 0 Å². The molecule has 0 fully saturated rings. The number of nitrogens with zero attached hydrogens (tertiary/aromatic N) is 1. The van der Waals surface area contributed by atoms with Gasteiger partial charge in [-0.05, 0) is 64.2 Å². The number of hydrogen-bond acceptors (Lipinski definition) is 2. The molecule has 0 spiro atoms. The van der Waals surface area contributed by atoms with Crippen molar-refractivity contribution < 1.29 is 18.5 Å². The van der Waals surface area contributed by atoms with Gasteiger partial charge in [-0.25, -0.2) is 0 Å². The molecule has 0 heterocycles. The minimum atomic E-state index is -3.57. The third-order valence-corrected chi connectivity index (χ3v) is 8.92. The van der Waals surface area contributed by atoms with Gasteiger partial charge in [-0.3, -0.25) is 4.57 Å². The lowest BCUT2D eigenvalue weighted by Crippen LogP contribution is -2.45. The van der Waals surface area contributed by atoms with Crippen LogP contribution in [0.15, 0.2) is 24.3 Å². The van der Waals surface area contributed by atoms with Crippen molar-refractivity contribution in [1.29, 1.82) is 0 Å². The standard InChI is InChI=1S/C30H60NO3P/c1-6-8-9-10-11-12-13-14-15-16-17-18-19-20-21-22-23-24-25-26-27-29-34-35(32,33)30(28-7-2)31(3,4)5/h12-13,18-19,30H,6-11,14-17,20-29H2,1-5H3/p+1/b13-12-,19-18-. The van der Waals surface area contributed by atoms with Crippen molar-refractivity contribution in [3.63, 3.8) is 0 Å². The number of quaternary nitrogens is 1. The van der Waals surface area contributed by atoms with Gasteiger partial charge >= 0.3 is 7.60 Å². The van der Waals surface area contributed by atoms with E-state index in [2.05, 4.69) is 38.2 Å². The van der Waals surface area contributed by atoms with Gasteiger partial charge in [-0.15, -0.1) is 0 Å². The van der Waals surface area contributed by atoms with E-state index >= 15 is 0 Å². The van der Waals surface area contributed by atoms with Gasteiger partial charge in [0, 0.05) is 6.42 Å². The molecule has 208 valence electrons. The largest absolute Gasteiger partial charge is 0.385 e. The molecule has 35 heavy (non-hydrogen) atoms. The molecule has 0 radical (unpaired) electrons. The second-order valence-electron chi connectivity index (χ2n) is 11.1. The molecule has 0 bridgehead atoms. The van der Waals surface area contributed by atoms with Crippen LogP contribution in [0.4, 0.5) is 0 Å². The lowest BCUT2D eigenvalue weighted by atomic mass is 10.1. The Morgan fingerprint density at radius 2 is 1.06 bits per heavy atom. The van der Waals surface area contributed by atoms with Gasteiger partial charge in [-0.2, -0.15) is 0 Å². The SMILES string of the molecule is CCCCCC/C=C\CCCC/C=C\CCCCCCCCCOP(=O)(O)C(CCC)[N+](C)(C)C. The van der Waals surface area contributed by atoms with Crippen LogP contribution in [-0.4, -0.2) is 42.9 Å². The van der Waals surface area contributed by atoms with Gasteiger partial charge in [0.15, 0.2) is 5.78 Å². The van der Waals surface area contributed by atoms with Gasteiger partial charge in [-0.1, -0.05) is 89.5 Å². The molecule has 0 aromatic carbocycles. The van der Waals surface area contributed by atoms with E-state index in [1.807, 2.05) is 21.1 Å². The van der Waals surface area contributed by atoms with Gasteiger partial charge < -0.3 is 13.9 Å². The van der Waals surface area contributed by atoms with E-state index in [1.54, 1.807) is 0 Å². The maximum absolute atomic E-state index is 12.7. The molecule has 0 aliphatic heterocycles. The highest BCUT2D eigenvalue weighted by Crippen LogP contribution is 2.51. The maximum atomic E-state index is 12.7. The zero-order chi connectivity index (χ0) is 26.3. The average molecular weight is 515 g/mol. The number of rotatable bonds is 25. The van der Waals surface area contributed by atoms with Crippen LogP contribution >= 0.6 is 7.60 Å². The van der Waals surface area contributed by atoms with E-state index in [9.17, 15) is 9.46 Å². The fourth-order valence-corrected chi connectivity index (χ4v) is 6.48. The zero-order valence-corrected chi connectivity index (χ0v) is 25.1. The van der Waals surface area contributed by atoms with E-state index in [4.69, 9.17) is 4.52 Å². The molecule has 1 N–H and O–H groups in total. The van der Waals surface area contributed by atoms with Gasteiger partial charge in [0.1, 0.15) is 0 Å². The van der Waals surface area contributed by atoms with Gasteiger partial charge in [0.2, 0.25) is 0 Å². The van der Waals surface area contributed by atoms with Crippen LogP contribution in [0.3, 0.4) is 0 Å². The van der Waals surface area contributed by atoms with E-state index in [0.29, 0.717) is 17.5 Å². The van der Waals surface area contributed by atoms with E-state index in [0.717, 1.165) is 19.3 Å². The van der Waals surface area contributed by atoms with Crippen LogP contribution in [0, 0.1) is 0 Å². The minimum Gasteiger partial charge on any atom is -0.320 e. The molecule has 0 rings (SSSR count). The first kappa shape index (κ1) is 34.6. The Hall–Kier alpha value is -0.410. The monoisotopic (exact) mass is 514 g/mol. The first-order chi connectivity index (χ1) is 16.8. The Labute approximate surface area is 219 Å². The lowest BCUT2D eigenvalue weighted by Gasteiger charge is -2.35. The van der Waals surface area contributed by atoms with Crippen LogP contribution in [0.2, 0.25) is 0 Å². The van der Waals surface area contributed by atoms with Crippen LogP contribution in [0.1, 0.15) is 136 Å². The topological polar surface area (TPSA) is 46.5 Å². The molecular weight excluding hydrogens is 453 g/mol. The molecule has 0 amide bonds. The van der Waals surface area contributed by atoms with E-state index < -0.39 is 7.60 Å². The first-order valence-electron chi connectivity index (χ1n) is 14.8. The molecule has 0 aliphatic carbocycles. The third-order valence-electron chi connectivity index (χ3n) is 6.66. The van der Waals surface area contributed by atoms with Crippen LogP contribution in [0.5, 0.6) is 0 Å².